The maximum Gasteiger partial charge on any atom is 0.232 e. The largest absolute Gasteiger partial charge is 0.339 e. The van der Waals surface area contributed by atoms with Crippen molar-refractivity contribution in [2.24, 2.45) is 0 Å². The highest BCUT2D eigenvalue weighted by Gasteiger charge is 2.37. The van der Waals surface area contributed by atoms with Gasteiger partial charge in [-0.2, -0.15) is 4.98 Å². The van der Waals surface area contributed by atoms with Gasteiger partial charge in [0.2, 0.25) is 11.8 Å². The Balaban J connectivity index is 1.58. The maximum absolute atomic E-state index is 13.8. The van der Waals surface area contributed by atoms with E-state index in [0.29, 0.717) is 17.6 Å². The van der Waals surface area contributed by atoms with Gasteiger partial charge in [-0.3, -0.25) is 4.79 Å². The highest BCUT2D eigenvalue weighted by Crippen LogP contribution is 2.39. The summed E-state index contributed by atoms with van der Waals surface area (Å²) in [4.78, 5) is 17.7. The quantitative estimate of drug-likeness (QED) is 0.875. The van der Waals surface area contributed by atoms with Gasteiger partial charge in [-0.05, 0) is 25.0 Å². The number of hydrogen-bond donors (Lipinski definition) is 0. The molecular weight excluding hydrogens is 292 g/mol. The number of anilines is 1. The minimum absolute atomic E-state index is 0.0468. The molecule has 0 spiro atoms. The van der Waals surface area contributed by atoms with Crippen molar-refractivity contribution in [2.45, 2.75) is 31.1 Å². The predicted octanol–water partition coefficient (Wildman–Crippen LogP) is 2.75. The van der Waals surface area contributed by atoms with Crippen LogP contribution >= 0.6 is 0 Å². The van der Waals surface area contributed by atoms with E-state index in [-0.39, 0.29) is 30.5 Å². The monoisotopic (exact) mass is 305 g/mol. The third-order valence-electron chi connectivity index (χ3n) is 4.07. The van der Waals surface area contributed by atoms with Crippen LogP contribution in [0.2, 0.25) is 0 Å². The normalized spacial score (nSPS) is 21.6. The van der Waals surface area contributed by atoms with Crippen molar-refractivity contribution < 1.29 is 18.1 Å². The summed E-state index contributed by atoms with van der Waals surface area (Å²) < 4.78 is 32.4. The molecule has 0 N–H and O–H groups in total. The van der Waals surface area contributed by atoms with Gasteiger partial charge >= 0.3 is 0 Å². The highest BCUT2D eigenvalue weighted by molar-refractivity contribution is 5.96. The smallest absolute Gasteiger partial charge is 0.232 e. The summed E-state index contributed by atoms with van der Waals surface area (Å²) >= 11 is 0. The Labute approximate surface area is 124 Å². The van der Waals surface area contributed by atoms with Crippen molar-refractivity contribution >= 4 is 11.6 Å². The summed E-state index contributed by atoms with van der Waals surface area (Å²) in [7, 11) is 0. The maximum atomic E-state index is 13.8. The molecule has 22 heavy (non-hydrogen) atoms. The molecule has 1 saturated carbocycles. The van der Waals surface area contributed by atoms with Crippen molar-refractivity contribution in [2.75, 3.05) is 11.4 Å². The fraction of sp³-hybridized carbons (Fsp3) is 0.400. The van der Waals surface area contributed by atoms with E-state index in [1.807, 2.05) is 0 Å². The summed E-state index contributed by atoms with van der Waals surface area (Å²) in [6, 6.07) is 3.07. The molecule has 1 aromatic heterocycles. The van der Waals surface area contributed by atoms with E-state index in [1.165, 1.54) is 4.90 Å². The van der Waals surface area contributed by atoms with Crippen LogP contribution in [0, 0.1) is 11.6 Å². The molecule has 1 aliphatic carbocycles. The molecule has 1 aromatic carbocycles. The first-order valence-corrected chi connectivity index (χ1v) is 7.20. The van der Waals surface area contributed by atoms with Crippen LogP contribution in [0.3, 0.4) is 0 Å². The number of hydrogen-bond acceptors (Lipinski definition) is 4. The van der Waals surface area contributed by atoms with E-state index in [1.54, 1.807) is 0 Å². The molecule has 0 bridgehead atoms. The lowest BCUT2D eigenvalue weighted by molar-refractivity contribution is -0.117. The van der Waals surface area contributed by atoms with E-state index in [2.05, 4.69) is 10.1 Å². The SMILES string of the molecule is O=C1CC(c2nc(C3CC3)no2)CN1c1cc(F)ccc1F. The average Bonchev–Trinajstić information content (AvgIpc) is 3.10. The molecule has 1 saturated heterocycles. The highest BCUT2D eigenvalue weighted by atomic mass is 19.1. The molecule has 1 atom stereocenters. The predicted molar refractivity (Wildman–Crippen MR) is 72.3 cm³/mol. The molecular formula is C15H13F2N3O2. The van der Waals surface area contributed by atoms with E-state index < -0.39 is 11.6 Å². The van der Waals surface area contributed by atoms with Crippen LogP contribution in [0.4, 0.5) is 14.5 Å². The van der Waals surface area contributed by atoms with E-state index in [0.717, 1.165) is 31.0 Å². The van der Waals surface area contributed by atoms with E-state index >= 15 is 0 Å². The van der Waals surface area contributed by atoms with Gasteiger partial charge in [0.1, 0.15) is 11.6 Å². The van der Waals surface area contributed by atoms with E-state index in [9.17, 15) is 13.6 Å². The van der Waals surface area contributed by atoms with Crippen LogP contribution in [0.25, 0.3) is 0 Å². The molecule has 2 heterocycles. The molecule has 1 amide bonds. The number of aromatic nitrogens is 2. The van der Waals surface area contributed by atoms with Crippen LogP contribution in [-0.4, -0.2) is 22.6 Å². The van der Waals surface area contributed by atoms with Gasteiger partial charge in [-0.25, -0.2) is 8.78 Å². The Morgan fingerprint density at radius 2 is 2.05 bits per heavy atom. The Kier molecular flexibility index (Phi) is 2.95. The lowest BCUT2D eigenvalue weighted by atomic mass is 10.1. The number of carbonyl (C=O) groups is 1. The Morgan fingerprint density at radius 1 is 1.23 bits per heavy atom. The molecule has 4 rings (SSSR count). The van der Waals surface area contributed by atoms with Crippen molar-refractivity contribution in [3.63, 3.8) is 0 Å². The van der Waals surface area contributed by atoms with Gasteiger partial charge in [0.15, 0.2) is 5.82 Å². The van der Waals surface area contributed by atoms with Crippen LogP contribution in [0.1, 0.15) is 42.8 Å². The molecule has 0 radical (unpaired) electrons. The average molecular weight is 305 g/mol. The number of benzene rings is 1. The lowest BCUT2D eigenvalue weighted by Crippen LogP contribution is -2.25. The zero-order valence-corrected chi connectivity index (χ0v) is 11.6. The molecule has 1 unspecified atom stereocenters. The van der Waals surface area contributed by atoms with Gasteiger partial charge in [0, 0.05) is 24.9 Å². The Hall–Kier alpha value is -2.31. The van der Waals surface area contributed by atoms with Gasteiger partial charge in [-0.1, -0.05) is 5.16 Å². The zero-order valence-electron chi connectivity index (χ0n) is 11.6. The van der Waals surface area contributed by atoms with E-state index in [4.69, 9.17) is 4.52 Å². The summed E-state index contributed by atoms with van der Waals surface area (Å²) in [5.74, 6) is -0.323. The second-order valence-electron chi connectivity index (χ2n) is 5.77. The number of carbonyl (C=O) groups excluding carboxylic acids is 1. The first-order valence-electron chi connectivity index (χ1n) is 7.20. The molecule has 114 valence electrons. The molecule has 2 aromatic rings. The number of amides is 1. The Morgan fingerprint density at radius 3 is 2.82 bits per heavy atom. The zero-order chi connectivity index (χ0) is 15.3. The van der Waals surface area contributed by atoms with Gasteiger partial charge in [0.25, 0.3) is 0 Å². The molecule has 1 aliphatic heterocycles. The first-order chi connectivity index (χ1) is 10.6. The topological polar surface area (TPSA) is 59.2 Å². The number of halogens is 2. The number of nitrogens with zero attached hydrogens (tertiary/aromatic N) is 3. The van der Waals surface area contributed by atoms with Crippen molar-refractivity contribution in [1.29, 1.82) is 0 Å². The third kappa shape index (κ3) is 2.26. The van der Waals surface area contributed by atoms with Crippen LogP contribution in [0.5, 0.6) is 0 Å². The van der Waals surface area contributed by atoms with Crippen LogP contribution < -0.4 is 4.90 Å². The van der Waals surface area contributed by atoms with Crippen molar-refractivity contribution in [3.05, 3.63) is 41.5 Å². The molecule has 5 nitrogen and oxygen atoms in total. The Bertz CT molecular complexity index is 742. The standard InChI is InChI=1S/C15H13F2N3O2/c16-10-3-4-11(17)12(6-10)20-7-9(5-13(20)21)15-18-14(19-22-15)8-1-2-8/h3-4,6,8-9H,1-2,5,7H2. The van der Waals surface area contributed by atoms with Gasteiger partial charge < -0.3 is 9.42 Å². The van der Waals surface area contributed by atoms with Crippen molar-refractivity contribution in [1.82, 2.24) is 10.1 Å². The molecule has 2 fully saturated rings. The second kappa shape index (κ2) is 4.86. The second-order valence-corrected chi connectivity index (χ2v) is 5.77. The first kappa shape index (κ1) is 13.4. The molecule has 7 heteroatoms. The van der Waals surface area contributed by atoms with Crippen molar-refractivity contribution in [3.8, 4) is 0 Å². The summed E-state index contributed by atoms with van der Waals surface area (Å²) in [6.45, 7) is 0.214. The molecule has 2 aliphatic rings. The summed E-state index contributed by atoms with van der Waals surface area (Å²) in [5.41, 5.74) is -0.0468. The van der Waals surface area contributed by atoms with Crippen LogP contribution in [-0.2, 0) is 4.79 Å². The minimum Gasteiger partial charge on any atom is -0.339 e. The summed E-state index contributed by atoms with van der Waals surface area (Å²) in [5, 5.41) is 3.93. The van der Waals surface area contributed by atoms with Gasteiger partial charge in [0.05, 0.1) is 11.6 Å². The number of rotatable bonds is 3. The lowest BCUT2D eigenvalue weighted by Gasteiger charge is -2.16. The fourth-order valence-corrected chi connectivity index (χ4v) is 2.72. The summed E-state index contributed by atoms with van der Waals surface area (Å²) in [6.07, 6.45) is 2.27. The van der Waals surface area contributed by atoms with Crippen LogP contribution in [0.15, 0.2) is 22.7 Å². The third-order valence-corrected chi connectivity index (χ3v) is 4.07. The fourth-order valence-electron chi connectivity index (χ4n) is 2.72. The minimum atomic E-state index is -0.625. The van der Waals surface area contributed by atoms with Gasteiger partial charge in [-0.15, -0.1) is 0 Å².